The highest BCUT2D eigenvalue weighted by molar-refractivity contribution is 5.90. The van der Waals surface area contributed by atoms with Gasteiger partial charge in [-0.1, -0.05) is 0 Å². The summed E-state index contributed by atoms with van der Waals surface area (Å²) in [6, 6.07) is 9.06. The molecule has 0 amide bonds. The van der Waals surface area contributed by atoms with Gasteiger partial charge in [0.05, 0.1) is 18.5 Å². The Balaban J connectivity index is 1.77. The summed E-state index contributed by atoms with van der Waals surface area (Å²) < 4.78 is 2.39. The summed E-state index contributed by atoms with van der Waals surface area (Å²) in [5, 5.41) is 7.11. The Hall–Kier alpha value is -4.57. The number of hydrogen-bond donors (Lipinski definition) is 1. The molecule has 2 N–H and O–H groups in total. The third-order valence-electron chi connectivity index (χ3n) is 6.80. The smallest absolute Gasteiger partial charge is 0.334 e. The molecule has 10 nitrogen and oxygen atoms in total. The second-order valence-corrected chi connectivity index (χ2v) is 8.83. The lowest BCUT2D eigenvalue weighted by atomic mass is 9.95. The third-order valence-corrected chi connectivity index (χ3v) is 6.80. The second kappa shape index (κ2) is 9.23. The molecule has 180 valence electrons. The first-order valence-electron chi connectivity index (χ1n) is 11.5. The van der Waals surface area contributed by atoms with Gasteiger partial charge in [-0.3, -0.25) is 4.99 Å². The van der Waals surface area contributed by atoms with Crippen molar-refractivity contribution in [3.05, 3.63) is 101 Å². The van der Waals surface area contributed by atoms with Crippen LogP contribution >= 0.6 is 0 Å². The van der Waals surface area contributed by atoms with Gasteiger partial charge in [0.25, 0.3) is 0 Å². The van der Waals surface area contributed by atoms with Crippen LogP contribution in [0.3, 0.4) is 0 Å². The van der Waals surface area contributed by atoms with Crippen molar-refractivity contribution in [1.29, 1.82) is 0 Å². The Bertz CT molecular complexity index is 1480. The van der Waals surface area contributed by atoms with Crippen molar-refractivity contribution in [3.8, 4) is 0 Å². The van der Waals surface area contributed by atoms with Gasteiger partial charge in [0.1, 0.15) is 29.3 Å². The van der Waals surface area contributed by atoms with Gasteiger partial charge < -0.3 is 10.3 Å². The summed E-state index contributed by atoms with van der Waals surface area (Å²) >= 11 is 0. The Labute approximate surface area is 207 Å². The minimum Gasteiger partial charge on any atom is -0.405 e. The highest BCUT2D eigenvalue weighted by atomic mass is 16.3. The Morgan fingerprint density at radius 3 is 2.67 bits per heavy atom. The number of nitroso groups, excluding NO2 is 2. The van der Waals surface area contributed by atoms with Crippen molar-refractivity contribution in [1.82, 2.24) is 19.0 Å². The molecular formula is C26H25N8O2+. The van der Waals surface area contributed by atoms with E-state index in [0.717, 1.165) is 22.3 Å². The number of hydrogen-bond acceptors (Lipinski definition) is 8. The van der Waals surface area contributed by atoms with Crippen molar-refractivity contribution < 1.29 is 0 Å². The monoisotopic (exact) mass is 481 g/mol. The lowest BCUT2D eigenvalue weighted by Gasteiger charge is -2.36. The molecule has 2 aliphatic rings. The third kappa shape index (κ3) is 3.68. The van der Waals surface area contributed by atoms with Crippen LogP contribution in [0.4, 0.5) is 11.6 Å². The normalized spacial score (nSPS) is 24.2. The minimum atomic E-state index is -0.296. The highest BCUT2D eigenvalue weighted by Gasteiger charge is 2.51. The molecule has 0 spiro atoms. The largest absolute Gasteiger partial charge is 0.405 e. The van der Waals surface area contributed by atoms with Gasteiger partial charge in [0, 0.05) is 24.0 Å². The zero-order valence-electron chi connectivity index (χ0n) is 19.8. The highest BCUT2D eigenvalue weighted by Crippen LogP contribution is 2.47. The number of allylic oxidation sites excluding steroid dienone is 2. The van der Waals surface area contributed by atoms with Crippen LogP contribution in [0.5, 0.6) is 0 Å². The molecule has 1 aromatic carbocycles. The molecule has 2 aromatic heterocycles. The van der Waals surface area contributed by atoms with Crippen LogP contribution in [0.15, 0.2) is 100 Å². The van der Waals surface area contributed by atoms with Crippen LogP contribution in [0.1, 0.15) is 18.8 Å². The number of benzene rings is 1. The predicted octanol–water partition coefficient (Wildman–Crippen LogP) is 5.09. The number of likely N-dealkylation sites (N-methyl/N-ethyl adjacent to an activating group) is 1. The number of nitrogens with zero attached hydrogens (tertiary/aromatic N) is 7. The van der Waals surface area contributed by atoms with Crippen LogP contribution in [-0.4, -0.2) is 33.8 Å². The van der Waals surface area contributed by atoms with E-state index in [-0.39, 0.29) is 22.6 Å². The summed E-state index contributed by atoms with van der Waals surface area (Å²) in [4.78, 5) is 36.4. The molecular weight excluding hydrogens is 456 g/mol. The van der Waals surface area contributed by atoms with E-state index >= 15 is 0 Å². The molecule has 5 rings (SSSR count). The Morgan fingerprint density at radius 1 is 1.14 bits per heavy atom. The standard InChI is InChI=1S/C26H25N8O2/c1-17(28-10-3-9-27)33-22-7-5-20(31-35)13-18(22)15-23(33)25-16-19-14-21(32-36)6-8-24(19)34(25,2)26-29-11-4-12-30-26/h3-17,19,24H,27H2,1-2H3/q+1/b9-3-,28-10?. The second-order valence-electron chi connectivity index (χ2n) is 8.83. The fourth-order valence-corrected chi connectivity index (χ4v) is 5.16. The van der Waals surface area contributed by atoms with Crippen LogP contribution in [-0.2, 0) is 0 Å². The number of aromatic nitrogens is 3. The number of fused-ring (bicyclic) bond motifs is 2. The number of rotatable bonds is 7. The fourth-order valence-electron chi connectivity index (χ4n) is 5.16. The molecule has 0 radical (unpaired) electrons. The quantitative estimate of drug-likeness (QED) is 0.286. The minimum absolute atomic E-state index is 0.0782. The molecule has 1 aliphatic carbocycles. The van der Waals surface area contributed by atoms with Gasteiger partial charge in [0.2, 0.25) is 0 Å². The molecule has 0 saturated carbocycles. The van der Waals surface area contributed by atoms with E-state index in [0.29, 0.717) is 17.3 Å². The van der Waals surface area contributed by atoms with Crippen LogP contribution in [0.2, 0.25) is 0 Å². The Kier molecular flexibility index (Phi) is 5.95. The lowest BCUT2D eigenvalue weighted by Crippen LogP contribution is -2.51. The zero-order chi connectivity index (χ0) is 25.3. The molecule has 3 aromatic rings. The summed E-state index contributed by atoms with van der Waals surface area (Å²) in [6.07, 6.45) is 15.7. The van der Waals surface area contributed by atoms with Gasteiger partial charge in [-0.2, -0.15) is 9.97 Å². The zero-order valence-corrected chi connectivity index (χ0v) is 19.8. The molecule has 1 aliphatic heterocycles. The van der Waals surface area contributed by atoms with Crippen LogP contribution in [0.25, 0.3) is 16.6 Å². The van der Waals surface area contributed by atoms with Crippen molar-refractivity contribution in [3.63, 3.8) is 0 Å². The molecule has 36 heavy (non-hydrogen) atoms. The maximum absolute atomic E-state index is 11.3. The number of nitrogens with two attached hydrogens (primary N) is 1. The van der Waals surface area contributed by atoms with Crippen molar-refractivity contribution >= 4 is 34.5 Å². The first-order chi connectivity index (χ1) is 17.5. The van der Waals surface area contributed by atoms with E-state index in [1.165, 1.54) is 6.20 Å². The van der Waals surface area contributed by atoms with Crippen LogP contribution < -0.4 is 10.2 Å². The molecule has 4 unspecified atom stereocenters. The average Bonchev–Trinajstić information content (AvgIpc) is 3.44. The van der Waals surface area contributed by atoms with Gasteiger partial charge in [-0.15, -0.1) is 9.81 Å². The fraction of sp³-hybridized carbons (Fsp3) is 0.192. The first-order valence-corrected chi connectivity index (χ1v) is 11.5. The van der Waals surface area contributed by atoms with Gasteiger partial charge in [-0.25, -0.2) is 4.48 Å². The molecule has 3 heterocycles. The van der Waals surface area contributed by atoms with E-state index in [1.54, 1.807) is 49.0 Å². The molecule has 0 bridgehead atoms. The van der Waals surface area contributed by atoms with Gasteiger partial charge in [0.15, 0.2) is 5.70 Å². The molecule has 4 atom stereocenters. The van der Waals surface area contributed by atoms with Crippen LogP contribution in [0, 0.1) is 15.7 Å². The van der Waals surface area contributed by atoms with Gasteiger partial charge in [-0.05, 0) is 84.2 Å². The van der Waals surface area contributed by atoms with E-state index in [4.69, 9.17) is 5.73 Å². The summed E-state index contributed by atoms with van der Waals surface area (Å²) in [5.74, 6) is 0.523. The van der Waals surface area contributed by atoms with Gasteiger partial charge >= 0.3 is 5.95 Å². The van der Waals surface area contributed by atoms with Crippen molar-refractivity contribution in [2.24, 2.45) is 27.0 Å². The molecule has 10 heteroatoms. The average molecular weight is 482 g/mol. The van der Waals surface area contributed by atoms with E-state index < -0.39 is 0 Å². The first kappa shape index (κ1) is 23.2. The molecule has 0 saturated heterocycles. The van der Waals surface area contributed by atoms with Crippen molar-refractivity contribution in [2.75, 3.05) is 7.05 Å². The summed E-state index contributed by atoms with van der Waals surface area (Å²) in [6.45, 7) is 1.98. The maximum atomic E-state index is 11.3. The van der Waals surface area contributed by atoms with E-state index in [2.05, 4.69) is 43.0 Å². The van der Waals surface area contributed by atoms with E-state index in [1.807, 2.05) is 31.2 Å². The summed E-state index contributed by atoms with van der Waals surface area (Å²) in [7, 11) is 2.06. The number of aliphatic imine (C=N–C) groups is 1. The Morgan fingerprint density at radius 2 is 1.94 bits per heavy atom. The molecule has 0 fully saturated rings. The predicted molar refractivity (Wildman–Crippen MR) is 142 cm³/mol. The number of quaternary nitrogens is 1. The topological polar surface area (TPSA) is 128 Å². The van der Waals surface area contributed by atoms with Crippen molar-refractivity contribution in [2.45, 2.75) is 19.1 Å². The maximum Gasteiger partial charge on any atom is 0.334 e. The summed E-state index contributed by atoms with van der Waals surface area (Å²) in [5.41, 5.74) is 8.96. The van der Waals surface area contributed by atoms with E-state index in [9.17, 15) is 9.81 Å². The lowest BCUT2D eigenvalue weighted by molar-refractivity contribution is 0.366. The SMILES string of the molecule is CC(N=C/C=C\N)n1c(C2=CC3C=C(N=O)C=CC3[N+]2(C)c2ncccn2)cc2cc(N=O)ccc21.